The highest BCUT2D eigenvalue weighted by Crippen LogP contribution is 2.36. The van der Waals surface area contributed by atoms with Gasteiger partial charge in [-0.2, -0.15) is 0 Å². The molecule has 0 fully saturated rings. The van der Waals surface area contributed by atoms with Crippen LogP contribution in [0.1, 0.15) is 10.4 Å². The lowest BCUT2D eigenvalue weighted by molar-refractivity contribution is 0.111. The van der Waals surface area contributed by atoms with Gasteiger partial charge in [0.15, 0.2) is 6.29 Å². The Labute approximate surface area is 140 Å². The number of carbonyl (C=O) groups is 1. The lowest BCUT2D eigenvalue weighted by atomic mass is 10.0. The monoisotopic (exact) mass is 337 g/mol. The van der Waals surface area contributed by atoms with Gasteiger partial charge in [0.1, 0.15) is 12.4 Å². The van der Waals surface area contributed by atoms with Crippen molar-refractivity contribution in [2.24, 2.45) is 0 Å². The summed E-state index contributed by atoms with van der Waals surface area (Å²) in [7, 11) is 3.93. The molecule has 0 aliphatic rings. The molecule has 0 aliphatic carbocycles. The maximum Gasteiger partial charge on any atom is 0.153 e. The molecule has 0 aliphatic heterocycles. The second-order valence-corrected chi connectivity index (χ2v) is 5.93. The Morgan fingerprint density at radius 3 is 2.41 bits per heavy atom. The maximum absolute atomic E-state index is 11.3. The molecule has 0 aromatic heterocycles. The SMILES string of the molecule is CN(C)CCOc1ccc(-c2c(Cl)cccc2Cl)cc1C=O. The molecule has 116 valence electrons. The van der Waals surface area contributed by atoms with Gasteiger partial charge in [0, 0.05) is 22.2 Å². The molecule has 0 heterocycles. The minimum absolute atomic E-state index is 0.479. The first-order valence-corrected chi connectivity index (χ1v) is 7.59. The van der Waals surface area contributed by atoms with Crippen LogP contribution in [0.2, 0.25) is 10.0 Å². The van der Waals surface area contributed by atoms with Crippen molar-refractivity contribution in [3.05, 3.63) is 52.0 Å². The third kappa shape index (κ3) is 4.01. The van der Waals surface area contributed by atoms with Crippen LogP contribution in [-0.4, -0.2) is 38.4 Å². The number of benzene rings is 2. The fourth-order valence-corrected chi connectivity index (χ4v) is 2.65. The van der Waals surface area contributed by atoms with Gasteiger partial charge in [0.25, 0.3) is 0 Å². The molecule has 0 radical (unpaired) electrons. The van der Waals surface area contributed by atoms with Gasteiger partial charge in [-0.05, 0) is 43.9 Å². The Bertz CT molecular complexity index is 651. The summed E-state index contributed by atoms with van der Waals surface area (Å²) >= 11 is 12.4. The normalized spacial score (nSPS) is 10.8. The molecule has 5 heteroatoms. The van der Waals surface area contributed by atoms with E-state index in [1.54, 1.807) is 30.3 Å². The molecule has 0 saturated heterocycles. The topological polar surface area (TPSA) is 29.5 Å². The summed E-state index contributed by atoms with van der Waals surface area (Å²) < 4.78 is 5.65. The Kier molecular flexibility index (Phi) is 5.83. The molecule has 0 bridgehead atoms. The highest BCUT2D eigenvalue weighted by Gasteiger charge is 2.11. The highest BCUT2D eigenvalue weighted by atomic mass is 35.5. The maximum atomic E-state index is 11.3. The van der Waals surface area contributed by atoms with Crippen LogP contribution in [0.4, 0.5) is 0 Å². The summed E-state index contributed by atoms with van der Waals surface area (Å²) in [6.07, 6.45) is 0.777. The first-order valence-electron chi connectivity index (χ1n) is 6.84. The van der Waals surface area contributed by atoms with E-state index in [0.29, 0.717) is 33.5 Å². The molecule has 0 spiro atoms. The van der Waals surface area contributed by atoms with Crippen LogP contribution in [0.5, 0.6) is 5.75 Å². The summed E-state index contributed by atoms with van der Waals surface area (Å²) in [5, 5.41) is 1.09. The standard InChI is InChI=1S/C17H17Cl2NO2/c1-20(2)8-9-22-16-7-6-12(10-13(16)11-21)17-14(18)4-3-5-15(17)19/h3-7,10-11H,8-9H2,1-2H3. The molecular weight excluding hydrogens is 321 g/mol. The zero-order chi connectivity index (χ0) is 16.1. The average Bonchev–Trinajstić information content (AvgIpc) is 2.47. The van der Waals surface area contributed by atoms with Crippen LogP contribution in [0, 0.1) is 0 Å². The van der Waals surface area contributed by atoms with E-state index in [-0.39, 0.29) is 0 Å². The minimum Gasteiger partial charge on any atom is -0.492 e. The molecule has 0 amide bonds. The Morgan fingerprint density at radius 2 is 1.82 bits per heavy atom. The van der Waals surface area contributed by atoms with Gasteiger partial charge in [-0.15, -0.1) is 0 Å². The van der Waals surface area contributed by atoms with Crippen LogP contribution in [-0.2, 0) is 0 Å². The summed E-state index contributed by atoms with van der Waals surface area (Å²) in [6.45, 7) is 1.29. The Hall–Kier alpha value is -1.55. The Morgan fingerprint density at radius 1 is 1.14 bits per heavy atom. The third-order valence-corrected chi connectivity index (χ3v) is 3.81. The number of nitrogens with zero attached hydrogens (tertiary/aromatic N) is 1. The number of carbonyl (C=O) groups excluding carboxylic acids is 1. The van der Waals surface area contributed by atoms with Gasteiger partial charge in [0.05, 0.1) is 5.56 Å². The van der Waals surface area contributed by atoms with Crippen molar-refractivity contribution in [2.75, 3.05) is 27.2 Å². The first-order chi connectivity index (χ1) is 10.5. The molecule has 0 atom stereocenters. The van der Waals surface area contributed by atoms with E-state index < -0.39 is 0 Å². The van der Waals surface area contributed by atoms with Crippen LogP contribution in [0.15, 0.2) is 36.4 Å². The van der Waals surface area contributed by atoms with E-state index in [9.17, 15) is 4.79 Å². The second-order valence-electron chi connectivity index (χ2n) is 5.12. The van der Waals surface area contributed by atoms with Crippen molar-refractivity contribution >= 4 is 29.5 Å². The molecule has 22 heavy (non-hydrogen) atoms. The number of likely N-dealkylation sites (N-methyl/N-ethyl adjacent to an activating group) is 1. The van der Waals surface area contributed by atoms with Gasteiger partial charge < -0.3 is 9.64 Å². The molecule has 2 aromatic rings. The lowest BCUT2D eigenvalue weighted by Crippen LogP contribution is -2.19. The van der Waals surface area contributed by atoms with Crippen molar-refractivity contribution in [1.29, 1.82) is 0 Å². The number of aldehydes is 1. The quantitative estimate of drug-likeness (QED) is 0.731. The third-order valence-electron chi connectivity index (χ3n) is 3.18. The smallest absolute Gasteiger partial charge is 0.153 e. The van der Waals surface area contributed by atoms with Crippen molar-refractivity contribution < 1.29 is 9.53 Å². The van der Waals surface area contributed by atoms with Gasteiger partial charge in [-0.25, -0.2) is 0 Å². The average molecular weight is 338 g/mol. The minimum atomic E-state index is 0.479. The highest BCUT2D eigenvalue weighted by molar-refractivity contribution is 6.39. The van der Waals surface area contributed by atoms with E-state index in [1.165, 1.54) is 0 Å². The fourth-order valence-electron chi connectivity index (χ4n) is 2.04. The molecule has 2 aromatic carbocycles. The molecule has 0 saturated carbocycles. The number of hydrogen-bond donors (Lipinski definition) is 0. The van der Waals surface area contributed by atoms with Crippen molar-refractivity contribution in [2.45, 2.75) is 0 Å². The summed E-state index contributed by atoms with van der Waals surface area (Å²) in [4.78, 5) is 13.3. The Balaban J connectivity index is 2.31. The summed E-state index contributed by atoms with van der Waals surface area (Å²) in [6, 6.07) is 10.7. The van der Waals surface area contributed by atoms with Gasteiger partial charge in [-0.3, -0.25) is 4.79 Å². The van der Waals surface area contributed by atoms with E-state index in [0.717, 1.165) is 18.4 Å². The molecule has 3 nitrogen and oxygen atoms in total. The van der Waals surface area contributed by atoms with Crippen LogP contribution in [0.3, 0.4) is 0 Å². The van der Waals surface area contributed by atoms with E-state index >= 15 is 0 Å². The number of rotatable bonds is 6. The number of halogens is 2. The summed E-state index contributed by atoms with van der Waals surface area (Å²) in [5.74, 6) is 0.559. The number of hydrogen-bond acceptors (Lipinski definition) is 3. The van der Waals surface area contributed by atoms with Gasteiger partial charge in [0.2, 0.25) is 0 Å². The largest absolute Gasteiger partial charge is 0.492 e. The first kappa shape index (κ1) is 16.8. The molecule has 2 rings (SSSR count). The van der Waals surface area contributed by atoms with Gasteiger partial charge >= 0.3 is 0 Å². The van der Waals surface area contributed by atoms with E-state index in [4.69, 9.17) is 27.9 Å². The van der Waals surface area contributed by atoms with E-state index in [1.807, 2.05) is 25.1 Å². The zero-order valence-electron chi connectivity index (χ0n) is 12.5. The number of ether oxygens (including phenoxy) is 1. The second kappa shape index (κ2) is 7.63. The zero-order valence-corrected chi connectivity index (χ0v) is 14.0. The molecule has 0 unspecified atom stereocenters. The van der Waals surface area contributed by atoms with E-state index in [2.05, 4.69) is 0 Å². The van der Waals surface area contributed by atoms with Crippen LogP contribution >= 0.6 is 23.2 Å². The summed E-state index contributed by atoms with van der Waals surface area (Å²) in [5.41, 5.74) is 1.98. The van der Waals surface area contributed by atoms with Crippen molar-refractivity contribution in [3.8, 4) is 16.9 Å². The van der Waals surface area contributed by atoms with Crippen LogP contribution in [0.25, 0.3) is 11.1 Å². The van der Waals surface area contributed by atoms with Crippen LogP contribution < -0.4 is 4.74 Å². The van der Waals surface area contributed by atoms with Gasteiger partial charge in [-0.1, -0.05) is 35.3 Å². The lowest BCUT2D eigenvalue weighted by Gasteiger charge is -2.14. The van der Waals surface area contributed by atoms with Crippen molar-refractivity contribution in [1.82, 2.24) is 4.90 Å². The predicted molar refractivity (Wildman–Crippen MR) is 91.3 cm³/mol. The molecular formula is C17H17Cl2NO2. The van der Waals surface area contributed by atoms with Crippen molar-refractivity contribution in [3.63, 3.8) is 0 Å². The predicted octanol–water partition coefficient (Wildman–Crippen LogP) is 4.41. The molecule has 0 N–H and O–H groups in total. The fraction of sp³-hybridized carbons (Fsp3) is 0.235.